The molecule has 0 aromatic heterocycles. The molecule has 4 amide bonds. The Bertz CT molecular complexity index is 1510. The highest BCUT2D eigenvalue weighted by Crippen LogP contribution is 2.45. The first-order valence-corrected chi connectivity index (χ1v) is 18.1. The van der Waals surface area contributed by atoms with Crippen molar-refractivity contribution in [3.05, 3.63) is 41.5 Å². The molecule has 0 unspecified atom stereocenters. The fourth-order valence-corrected chi connectivity index (χ4v) is 6.92. The van der Waals surface area contributed by atoms with E-state index in [1.807, 2.05) is 30.4 Å². The zero-order valence-corrected chi connectivity index (χ0v) is 30.4. The average molecular weight is 712 g/mol. The number of aliphatic carboxylic acids is 1. The Morgan fingerprint density at radius 2 is 1.86 bits per heavy atom. The number of nitrogens with one attached hydrogen (secondary N) is 3. The normalized spacial score (nSPS) is 27.3. The molecule has 5 atom stereocenters. The van der Waals surface area contributed by atoms with E-state index in [0.717, 1.165) is 30.4 Å². The molecule has 0 spiro atoms. The molecule has 0 radical (unpaired) electrons. The Morgan fingerprint density at radius 3 is 2.59 bits per heavy atom. The second-order valence-electron chi connectivity index (χ2n) is 15.3. The fraction of sp³-hybridized carbons (Fsp3) is 0.649. The summed E-state index contributed by atoms with van der Waals surface area (Å²) in [6.45, 7) is 11.1. The number of nitrogens with zero attached hydrogens (tertiary/aromatic N) is 2. The molecule has 1 saturated heterocycles. The van der Waals surface area contributed by atoms with Crippen molar-refractivity contribution in [2.75, 3.05) is 19.7 Å². The second-order valence-corrected chi connectivity index (χ2v) is 15.3. The molecule has 2 fully saturated rings. The zero-order chi connectivity index (χ0) is 36.9. The van der Waals surface area contributed by atoms with E-state index in [1.165, 1.54) is 4.90 Å². The molecule has 1 aliphatic carbocycles. The molecule has 14 nitrogen and oxygen atoms in total. The van der Waals surface area contributed by atoms with Crippen molar-refractivity contribution >= 4 is 30.0 Å². The number of carboxylic acids is 1. The van der Waals surface area contributed by atoms with Crippen molar-refractivity contribution < 1.29 is 43.3 Å². The molecule has 1 saturated carbocycles. The maximum atomic E-state index is 14.2. The van der Waals surface area contributed by atoms with Gasteiger partial charge in [-0.2, -0.15) is 0 Å². The van der Waals surface area contributed by atoms with Gasteiger partial charge in [-0.25, -0.2) is 14.4 Å². The van der Waals surface area contributed by atoms with Gasteiger partial charge in [0.05, 0.1) is 6.54 Å². The summed E-state index contributed by atoms with van der Waals surface area (Å²) in [4.78, 5) is 69.6. The number of ether oxygens (including phenoxy) is 3. The van der Waals surface area contributed by atoms with Crippen LogP contribution in [0, 0.1) is 5.92 Å². The van der Waals surface area contributed by atoms with Crippen LogP contribution in [0.3, 0.4) is 0 Å². The van der Waals surface area contributed by atoms with Crippen LogP contribution < -0.4 is 20.7 Å². The summed E-state index contributed by atoms with van der Waals surface area (Å²) >= 11 is 0. The first-order valence-electron chi connectivity index (χ1n) is 18.1. The van der Waals surface area contributed by atoms with Gasteiger partial charge in [0.2, 0.25) is 11.8 Å². The molecule has 4 aliphatic rings. The van der Waals surface area contributed by atoms with E-state index in [2.05, 4.69) is 29.8 Å². The lowest BCUT2D eigenvalue weighted by Gasteiger charge is -2.30. The standard InChI is InChI=1S/C37H53N5O9/c1-23(2)38-15-16-49-27-14-13-24-20-41(21-25(24)17-27)35(48)50-28-18-30-31(43)40-37(33(45)46)19-26(37)11-9-7-6-8-10-12-29(32(44)42(30)22-28)39-34(47)51-36(3,4)5/h9,11,13-14,17,23,26,28-30,38H,6-8,10,12,15-16,18-22H2,1-5H3,(H,39,47)(H,40,43)(H,45,46)/b11-9-/t26-,28-,29+,30+,37-/m1/s1. The number of allylic oxidation sites excluding steroid dienone is 1. The minimum atomic E-state index is -1.47. The summed E-state index contributed by atoms with van der Waals surface area (Å²) in [7, 11) is 0. The highest BCUT2D eigenvalue weighted by molar-refractivity contribution is 5.96. The largest absolute Gasteiger partial charge is 0.492 e. The highest BCUT2D eigenvalue weighted by Gasteiger charge is 2.61. The van der Waals surface area contributed by atoms with Crippen LogP contribution >= 0.6 is 0 Å². The van der Waals surface area contributed by atoms with Gasteiger partial charge in [0.25, 0.3) is 0 Å². The summed E-state index contributed by atoms with van der Waals surface area (Å²) in [6.07, 6.45) is 5.07. The number of carbonyl (C=O) groups is 5. The topological polar surface area (TPSA) is 176 Å². The van der Waals surface area contributed by atoms with E-state index in [1.54, 1.807) is 25.7 Å². The van der Waals surface area contributed by atoms with Crippen molar-refractivity contribution in [2.24, 2.45) is 5.92 Å². The van der Waals surface area contributed by atoms with E-state index >= 15 is 0 Å². The smallest absolute Gasteiger partial charge is 0.410 e. The molecule has 4 N–H and O–H groups in total. The third kappa shape index (κ3) is 9.72. The summed E-state index contributed by atoms with van der Waals surface area (Å²) in [5.41, 5.74) is -0.357. The van der Waals surface area contributed by atoms with Gasteiger partial charge in [-0.3, -0.25) is 14.5 Å². The van der Waals surface area contributed by atoms with Gasteiger partial charge in [0.1, 0.15) is 41.7 Å². The lowest BCUT2D eigenvalue weighted by molar-refractivity contribution is -0.145. The summed E-state index contributed by atoms with van der Waals surface area (Å²) in [6, 6.07) is 3.96. The molecule has 1 aromatic carbocycles. The molecule has 280 valence electrons. The van der Waals surface area contributed by atoms with Crippen LogP contribution in [-0.2, 0) is 36.9 Å². The van der Waals surface area contributed by atoms with Gasteiger partial charge >= 0.3 is 18.2 Å². The summed E-state index contributed by atoms with van der Waals surface area (Å²) in [5, 5.41) is 18.8. The predicted molar refractivity (Wildman–Crippen MR) is 187 cm³/mol. The first kappa shape index (κ1) is 37.9. The lowest BCUT2D eigenvalue weighted by Crippen LogP contribution is -2.56. The molecule has 0 bridgehead atoms. The van der Waals surface area contributed by atoms with Crippen LogP contribution in [0.5, 0.6) is 5.75 Å². The SMILES string of the molecule is CC(C)NCCOc1ccc2c(c1)CN(C(=O)O[C@@H]1C[C@H]3C(=O)N[C@]4(C(=O)O)C[C@H]4/C=C\CCCCC[C@H](NC(=O)OC(C)(C)C)C(=O)N3C1)C2. The number of amides is 4. The number of hydrogen-bond donors (Lipinski definition) is 4. The Morgan fingerprint density at radius 1 is 1.10 bits per heavy atom. The number of carbonyl (C=O) groups excluding carboxylic acids is 4. The second kappa shape index (κ2) is 15.9. The number of fused-ring (bicyclic) bond motifs is 3. The molecular formula is C37H53N5O9. The zero-order valence-electron chi connectivity index (χ0n) is 30.4. The number of rotatable bonds is 8. The maximum absolute atomic E-state index is 14.2. The third-order valence-electron chi connectivity index (χ3n) is 9.66. The summed E-state index contributed by atoms with van der Waals surface area (Å²) in [5.74, 6) is -1.97. The number of benzene rings is 1. The Labute approximate surface area is 299 Å². The molecule has 51 heavy (non-hydrogen) atoms. The van der Waals surface area contributed by atoms with Crippen LogP contribution in [0.25, 0.3) is 0 Å². The van der Waals surface area contributed by atoms with E-state index in [4.69, 9.17) is 14.2 Å². The maximum Gasteiger partial charge on any atom is 0.410 e. The minimum absolute atomic E-state index is 0.0259. The first-order chi connectivity index (χ1) is 24.1. The molecule has 3 heterocycles. The number of alkyl carbamates (subject to hydrolysis) is 1. The van der Waals surface area contributed by atoms with Crippen molar-refractivity contribution in [1.29, 1.82) is 0 Å². The van der Waals surface area contributed by atoms with E-state index in [9.17, 15) is 29.1 Å². The van der Waals surface area contributed by atoms with Crippen LogP contribution in [0.2, 0.25) is 0 Å². The van der Waals surface area contributed by atoms with Crippen LogP contribution in [-0.4, -0.2) is 99.9 Å². The van der Waals surface area contributed by atoms with Crippen LogP contribution in [0.4, 0.5) is 9.59 Å². The third-order valence-corrected chi connectivity index (χ3v) is 9.66. The average Bonchev–Trinajstić information content (AvgIpc) is 3.35. The quantitative estimate of drug-likeness (QED) is 0.229. The van der Waals surface area contributed by atoms with Gasteiger partial charge in [-0.15, -0.1) is 0 Å². The summed E-state index contributed by atoms with van der Waals surface area (Å²) < 4.78 is 17.2. The number of hydrogen-bond acceptors (Lipinski definition) is 9. The number of carboxylic acid groups (broad SMARTS) is 1. The monoisotopic (exact) mass is 711 g/mol. The molecule has 14 heteroatoms. The van der Waals surface area contributed by atoms with Crippen molar-refractivity contribution in [2.45, 2.75) is 128 Å². The Hall–Kier alpha value is -4.33. The highest BCUT2D eigenvalue weighted by atomic mass is 16.6. The van der Waals surface area contributed by atoms with E-state index in [-0.39, 0.29) is 25.3 Å². The Balaban J connectivity index is 1.30. The predicted octanol–water partition coefficient (Wildman–Crippen LogP) is 3.86. The molecule has 5 rings (SSSR count). The van der Waals surface area contributed by atoms with Gasteiger partial charge in [0.15, 0.2) is 0 Å². The van der Waals surface area contributed by atoms with Gasteiger partial charge in [-0.1, -0.05) is 44.9 Å². The van der Waals surface area contributed by atoms with E-state index in [0.29, 0.717) is 50.9 Å². The fourth-order valence-electron chi connectivity index (χ4n) is 6.92. The van der Waals surface area contributed by atoms with Gasteiger partial charge in [-0.05, 0) is 69.7 Å². The van der Waals surface area contributed by atoms with Crippen LogP contribution in [0.1, 0.15) is 90.7 Å². The van der Waals surface area contributed by atoms with Crippen molar-refractivity contribution in [3.63, 3.8) is 0 Å². The van der Waals surface area contributed by atoms with Crippen molar-refractivity contribution in [1.82, 2.24) is 25.8 Å². The van der Waals surface area contributed by atoms with E-state index < -0.39 is 59.3 Å². The molecule has 1 aromatic rings. The molecular weight excluding hydrogens is 658 g/mol. The minimum Gasteiger partial charge on any atom is -0.492 e. The van der Waals surface area contributed by atoms with Crippen molar-refractivity contribution in [3.8, 4) is 5.75 Å². The van der Waals surface area contributed by atoms with Crippen LogP contribution in [0.15, 0.2) is 30.4 Å². The van der Waals surface area contributed by atoms with Gasteiger partial charge in [0, 0.05) is 38.0 Å². The molecule has 3 aliphatic heterocycles. The Kier molecular flexibility index (Phi) is 11.8. The van der Waals surface area contributed by atoms with Gasteiger partial charge < -0.3 is 40.2 Å². The lowest BCUT2D eigenvalue weighted by atomic mass is 10.0.